The van der Waals surface area contributed by atoms with E-state index in [0.717, 1.165) is 42.0 Å². The van der Waals surface area contributed by atoms with Gasteiger partial charge in [-0.25, -0.2) is 13.8 Å². The summed E-state index contributed by atoms with van der Waals surface area (Å²) in [6.45, 7) is 7.93. The molecule has 1 saturated carbocycles. The van der Waals surface area contributed by atoms with Gasteiger partial charge in [-0.2, -0.15) is 0 Å². The topological polar surface area (TPSA) is 62.6 Å². The van der Waals surface area contributed by atoms with Crippen LogP contribution in [0.25, 0.3) is 11.0 Å². The monoisotopic (exact) mass is 550 g/mol. The Balaban J connectivity index is 1.36. The molecule has 2 aromatic heterocycles. The largest absolute Gasteiger partial charge is 0.450 e. The van der Waals surface area contributed by atoms with Gasteiger partial charge in [0, 0.05) is 27.1 Å². The Morgan fingerprint density at radius 3 is 2.46 bits per heavy atom. The molecule has 0 radical (unpaired) electrons. The van der Waals surface area contributed by atoms with Gasteiger partial charge in [-0.1, -0.05) is 37.8 Å². The number of rotatable bonds is 11. The normalized spacial score (nSPS) is 13.6. The van der Waals surface area contributed by atoms with Crippen molar-refractivity contribution in [2.45, 2.75) is 57.6 Å². The number of carbonyl (C=O) groups is 1. The van der Waals surface area contributed by atoms with Crippen molar-refractivity contribution in [1.82, 2.24) is 9.55 Å². The SMILES string of the molecule is C[Si](C)(C)CCOCn1cc(C2CC2)c2c(Oc3c(F)cc(CC(=O)Oc4ccccc4)cc3F)ccnc21. The molecule has 1 fully saturated rings. The fourth-order valence-electron chi connectivity index (χ4n) is 4.39. The molecule has 204 valence electrons. The highest BCUT2D eigenvalue weighted by atomic mass is 28.3. The summed E-state index contributed by atoms with van der Waals surface area (Å²) in [4.78, 5) is 16.8. The van der Waals surface area contributed by atoms with Crippen molar-refractivity contribution in [1.29, 1.82) is 0 Å². The van der Waals surface area contributed by atoms with Crippen LogP contribution in [0.4, 0.5) is 8.78 Å². The van der Waals surface area contributed by atoms with Gasteiger partial charge < -0.3 is 18.8 Å². The van der Waals surface area contributed by atoms with Crippen molar-refractivity contribution < 1.29 is 27.8 Å². The highest BCUT2D eigenvalue weighted by Gasteiger charge is 2.30. The van der Waals surface area contributed by atoms with E-state index in [1.807, 2.05) is 10.8 Å². The zero-order chi connectivity index (χ0) is 27.6. The summed E-state index contributed by atoms with van der Waals surface area (Å²) in [6.07, 6.45) is 5.39. The summed E-state index contributed by atoms with van der Waals surface area (Å²) >= 11 is 0. The molecule has 0 atom stereocenters. The molecule has 5 rings (SSSR count). The molecule has 0 spiro atoms. The number of hydrogen-bond acceptors (Lipinski definition) is 5. The van der Waals surface area contributed by atoms with Crippen LogP contribution in [0.1, 0.15) is 29.9 Å². The van der Waals surface area contributed by atoms with E-state index in [9.17, 15) is 4.79 Å². The molecule has 4 aromatic rings. The van der Waals surface area contributed by atoms with E-state index in [1.165, 1.54) is 0 Å². The van der Waals surface area contributed by atoms with Gasteiger partial charge in [-0.3, -0.25) is 4.79 Å². The maximum atomic E-state index is 15.1. The van der Waals surface area contributed by atoms with Crippen LogP contribution < -0.4 is 9.47 Å². The molecule has 2 aromatic carbocycles. The number of halogens is 2. The van der Waals surface area contributed by atoms with Crippen molar-refractivity contribution in [3.63, 3.8) is 0 Å². The van der Waals surface area contributed by atoms with Crippen LogP contribution in [-0.2, 0) is 22.7 Å². The molecule has 0 bridgehead atoms. The Hall–Kier alpha value is -3.56. The molecule has 0 unspecified atom stereocenters. The predicted molar refractivity (Wildman–Crippen MR) is 148 cm³/mol. The van der Waals surface area contributed by atoms with E-state index in [-0.39, 0.29) is 12.0 Å². The highest BCUT2D eigenvalue weighted by Crippen LogP contribution is 2.46. The molecule has 0 amide bonds. The Bertz CT molecular complexity index is 1460. The third-order valence-corrected chi connectivity index (χ3v) is 8.29. The fourth-order valence-corrected chi connectivity index (χ4v) is 5.15. The second-order valence-electron chi connectivity index (χ2n) is 11.1. The van der Waals surface area contributed by atoms with Crippen LogP contribution in [0.3, 0.4) is 0 Å². The van der Waals surface area contributed by atoms with Crippen molar-refractivity contribution >= 4 is 25.1 Å². The molecule has 6 nitrogen and oxygen atoms in total. The lowest BCUT2D eigenvalue weighted by atomic mass is 10.1. The summed E-state index contributed by atoms with van der Waals surface area (Å²) in [5.74, 6) is -1.89. The molecule has 0 aliphatic heterocycles. The summed E-state index contributed by atoms with van der Waals surface area (Å²) in [7, 11) is -1.21. The lowest BCUT2D eigenvalue weighted by Gasteiger charge is -2.15. The molecule has 1 aliphatic carbocycles. The summed E-state index contributed by atoms with van der Waals surface area (Å²) in [5.41, 5.74) is 1.85. The van der Waals surface area contributed by atoms with Gasteiger partial charge in [0.15, 0.2) is 17.4 Å². The molecular formula is C30H32F2N2O4Si. The molecule has 0 N–H and O–H groups in total. The lowest BCUT2D eigenvalue weighted by Crippen LogP contribution is -2.22. The first-order valence-electron chi connectivity index (χ1n) is 13.1. The maximum Gasteiger partial charge on any atom is 0.315 e. The minimum Gasteiger partial charge on any atom is -0.450 e. The summed E-state index contributed by atoms with van der Waals surface area (Å²) < 4.78 is 49.2. The van der Waals surface area contributed by atoms with Gasteiger partial charge in [0.05, 0.1) is 11.8 Å². The number of para-hydroxylation sites is 1. The molecular weight excluding hydrogens is 518 g/mol. The molecule has 2 heterocycles. The Kier molecular flexibility index (Phi) is 7.81. The first-order valence-corrected chi connectivity index (χ1v) is 16.9. The van der Waals surface area contributed by atoms with E-state index in [0.29, 0.717) is 36.4 Å². The summed E-state index contributed by atoms with van der Waals surface area (Å²) in [5, 5.41) is 0.739. The minimum atomic E-state index is -1.21. The smallest absolute Gasteiger partial charge is 0.315 e. The average molecular weight is 551 g/mol. The van der Waals surface area contributed by atoms with E-state index in [1.54, 1.807) is 42.6 Å². The van der Waals surface area contributed by atoms with Crippen LogP contribution >= 0.6 is 0 Å². The number of hydrogen-bond donors (Lipinski definition) is 0. The van der Waals surface area contributed by atoms with Crippen molar-refractivity contribution in [2.75, 3.05) is 6.61 Å². The van der Waals surface area contributed by atoms with Crippen LogP contribution in [0, 0.1) is 11.6 Å². The quantitative estimate of drug-likeness (QED) is 0.0840. The molecule has 39 heavy (non-hydrogen) atoms. The van der Waals surface area contributed by atoms with Crippen LogP contribution in [0.15, 0.2) is 60.9 Å². The second kappa shape index (κ2) is 11.3. The molecule has 1 aliphatic rings. The number of nitrogens with zero attached hydrogens (tertiary/aromatic N) is 2. The van der Waals surface area contributed by atoms with Gasteiger partial charge in [-0.15, -0.1) is 0 Å². The zero-order valence-electron chi connectivity index (χ0n) is 22.4. The Morgan fingerprint density at radius 1 is 1.08 bits per heavy atom. The third-order valence-electron chi connectivity index (χ3n) is 6.59. The van der Waals surface area contributed by atoms with Crippen LogP contribution in [0.2, 0.25) is 25.7 Å². The number of pyridine rings is 1. The number of fused-ring (bicyclic) bond motifs is 1. The Morgan fingerprint density at radius 2 is 1.79 bits per heavy atom. The van der Waals surface area contributed by atoms with E-state index in [2.05, 4.69) is 24.6 Å². The average Bonchev–Trinajstić information content (AvgIpc) is 3.65. The maximum absolute atomic E-state index is 15.1. The van der Waals surface area contributed by atoms with Gasteiger partial charge in [0.1, 0.15) is 23.9 Å². The fraction of sp³-hybridized carbons (Fsp3) is 0.333. The zero-order valence-corrected chi connectivity index (χ0v) is 23.4. The van der Waals surface area contributed by atoms with E-state index in [4.69, 9.17) is 14.2 Å². The predicted octanol–water partition coefficient (Wildman–Crippen LogP) is 7.44. The number of carbonyl (C=O) groups excluding carboxylic acids is 1. The van der Waals surface area contributed by atoms with Gasteiger partial charge in [0.2, 0.25) is 0 Å². The van der Waals surface area contributed by atoms with Crippen LogP contribution in [-0.4, -0.2) is 30.2 Å². The highest BCUT2D eigenvalue weighted by molar-refractivity contribution is 6.76. The number of esters is 1. The minimum absolute atomic E-state index is 0.151. The number of benzene rings is 2. The number of aromatic nitrogens is 2. The van der Waals surface area contributed by atoms with Gasteiger partial charge in [-0.05, 0) is 66.3 Å². The standard InChI is InChI=1S/C30H32F2N2O4Si/c1-39(2,3)14-13-36-19-34-18-23(21-9-10-21)28-26(11-12-33-30(28)34)38-29-24(31)15-20(16-25(29)32)17-27(35)37-22-7-5-4-6-8-22/h4-8,11-12,15-16,18,21H,9-10,13-14,17,19H2,1-3H3. The van der Waals surface area contributed by atoms with Gasteiger partial charge >= 0.3 is 5.97 Å². The van der Waals surface area contributed by atoms with Crippen LogP contribution in [0.5, 0.6) is 17.2 Å². The Labute approximate surface area is 227 Å². The summed E-state index contributed by atoms with van der Waals surface area (Å²) in [6, 6.07) is 13.4. The first kappa shape index (κ1) is 27.0. The lowest BCUT2D eigenvalue weighted by molar-refractivity contribution is -0.133. The van der Waals surface area contributed by atoms with E-state index >= 15 is 8.78 Å². The van der Waals surface area contributed by atoms with Crippen molar-refractivity contribution in [3.8, 4) is 17.2 Å². The van der Waals surface area contributed by atoms with E-state index < -0.39 is 31.4 Å². The molecule has 0 saturated heterocycles. The second-order valence-corrected chi connectivity index (χ2v) is 16.8. The number of ether oxygens (including phenoxy) is 3. The first-order chi connectivity index (χ1) is 18.7. The molecule has 9 heteroatoms. The van der Waals surface area contributed by atoms with Crippen molar-refractivity contribution in [3.05, 3.63) is 83.7 Å². The third kappa shape index (κ3) is 6.72. The van der Waals surface area contributed by atoms with Crippen molar-refractivity contribution in [2.24, 2.45) is 0 Å². The van der Waals surface area contributed by atoms with Gasteiger partial charge in [0.25, 0.3) is 0 Å².